The zero-order valence-corrected chi connectivity index (χ0v) is 15.7. The highest BCUT2D eigenvalue weighted by Crippen LogP contribution is 2.29. The van der Waals surface area contributed by atoms with Gasteiger partial charge in [-0.05, 0) is 38.1 Å². The van der Waals surface area contributed by atoms with Crippen molar-refractivity contribution in [1.29, 1.82) is 0 Å². The van der Waals surface area contributed by atoms with Gasteiger partial charge in [-0.3, -0.25) is 4.79 Å². The third-order valence-electron chi connectivity index (χ3n) is 3.60. The molecule has 2 N–H and O–H groups in total. The van der Waals surface area contributed by atoms with Gasteiger partial charge < -0.3 is 24.8 Å². The van der Waals surface area contributed by atoms with E-state index in [9.17, 15) is 4.79 Å². The number of ether oxygens (including phenoxy) is 3. The summed E-state index contributed by atoms with van der Waals surface area (Å²) in [5, 5.41) is 6.10. The molecule has 0 spiro atoms. The highest BCUT2D eigenvalue weighted by atomic mass is 16.5. The maximum atomic E-state index is 12.3. The van der Waals surface area contributed by atoms with E-state index in [2.05, 4.69) is 10.6 Å². The number of carbonyl (C=O) groups is 1. The Hall–Kier alpha value is -2.89. The molecule has 2 aromatic rings. The smallest absolute Gasteiger partial charge is 0.226 e. The summed E-state index contributed by atoms with van der Waals surface area (Å²) >= 11 is 0. The molecule has 0 saturated carbocycles. The first kappa shape index (κ1) is 19.4. The number of anilines is 2. The van der Waals surface area contributed by atoms with Gasteiger partial charge in [-0.2, -0.15) is 0 Å². The molecule has 2 aromatic carbocycles. The number of para-hydroxylation sites is 2. The van der Waals surface area contributed by atoms with E-state index in [4.69, 9.17) is 14.2 Å². The van der Waals surface area contributed by atoms with Crippen LogP contribution < -0.4 is 24.8 Å². The van der Waals surface area contributed by atoms with Gasteiger partial charge in [0.2, 0.25) is 5.91 Å². The van der Waals surface area contributed by atoms with Crippen LogP contribution in [0.5, 0.6) is 17.2 Å². The fourth-order valence-corrected chi connectivity index (χ4v) is 2.40. The topological polar surface area (TPSA) is 68.8 Å². The van der Waals surface area contributed by atoms with Crippen molar-refractivity contribution in [3.63, 3.8) is 0 Å². The van der Waals surface area contributed by atoms with Crippen LogP contribution in [0.2, 0.25) is 0 Å². The van der Waals surface area contributed by atoms with Crippen LogP contribution in [0.25, 0.3) is 0 Å². The van der Waals surface area contributed by atoms with E-state index in [-0.39, 0.29) is 12.0 Å². The fraction of sp³-hybridized carbons (Fsp3) is 0.350. The van der Waals surface area contributed by atoms with Gasteiger partial charge in [-0.15, -0.1) is 0 Å². The van der Waals surface area contributed by atoms with Crippen LogP contribution in [0, 0.1) is 0 Å². The molecule has 0 saturated heterocycles. The van der Waals surface area contributed by atoms with E-state index in [0.717, 1.165) is 11.4 Å². The zero-order valence-electron chi connectivity index (χ0n) is 15.7. The Labute approximate surface area is 154 Å². The van der Waals surface area contributed by atoms with Crippen molar-refractivity contribution < 1.29 is 19.0 Å². The molecule has 140 valence electrons. The summed E-state index contributed by atoms with van der Waals surface area (Å²) in [6, 6.07) is 12.9. The van der Waals surface area contributed by atoms with Gasteiger partial charge in [0.05, 0.1) is 31.7 Å². The van der Waals surface area contributed by atoms with Crippen molar-refractivity contribution in [3.05, 3.63) is 42.5 Å². The van der Waals surface area contributed by atoms with Crippen LogP contribution in [-0.4, -0.2) is 32.8 Å². The van der Waals surface area contributed by atoms with E-state index in [1.807, 2.05) is 56.3 Å². The SMILES string of the molecule is COc1ccc(OC)c(NCCC(=O)Nc2ccccc2OC(C)C)c1. The number of nitrogens with one attached hydrogen (secondary N) is 2. The predicted octanol–water partition coefficient (Wildman–Crippen LogP) is 3.93. The van der Waals surface area contributed by atoms with Gasteiger partial charge in [0, 0.05) is 19.0 Å². The lowest BCUT2D eigenvalue weighted by atomic mass is 10.2. The van der Waals surface area contributed by atoms with Crippen LogP contribution in [0.4, 0.5) is 11.4 Å². The summed E-state index contributed by atoms with van der Waals surface area (Å²) in [6.07, 6.45) is 0.339. The molecule has 0 aliphatic rings. The summed E-state index contributed by atoms with van der Waals surface area (Å²) < 4.78 is 16.2. The Balaban J connectivity index is 1.92. The largest absolute Gasteiger partial charge is 0.497 e. The van der Waals surface area contributed by atoms with E-state index < -0.39 is 0 Å². The molecule has 0 bridgehead atoms. The first-order valence-electron chi connectivity index (χ1n) is 8.55. The molecule has 6 nitrogen and oxygen atoms in total. The summed E-state index contributed by atoms with van der Waals surface area (Å²) in [6.45, 7) is 4.36. The molecule has 6 heteroatoms. The predicted molar refractivity (Wildman–Crippen MR) is 103 cm³/mol. The Morgan fingerprint density at radius 2 is 1.77 bits per heavy atom. The lowest BCUT2D eigenvalue weighted by molar-refractivity contribution is -0.116. The minimum absolute atomic E-state index is 0.0373. The number of carbonyl (C=O) groups excluding carboxylic acids is 1. The molecule has 0 fully saturated rings. The second-order valence-corrected chi connectivity index (χ2v) is 5.95. The Morgan fingerprint density at radius 3 is 2.46 bits per heavy atom. The monoisotopic (exact) mass is 358 g/mol. The minimum Gasteiger partial charge on any atom is -0.497 e. The highest BCUT2D eigenvalue weighted by Gasteiger charge is 2.10. The molecular formula is C20H26N2O4. The van der Waals surface area contributed by atoms with Gasteiger partial charge in [-0.25, -0.2) is 0 Å². The van der Waals surface area contributed by atoms with Gasteiger partial charge >= 0.3 is 0 Å². The summed E-state index contributed by atoms with van der Waals surface area (Å²) in [5.74, 6) is 1.98. The normalized spacial score (nSPS) is 10.3. The fourth-order valence-electron chi connectivity index (χ4n) is 2.40. The van der Waals surface area contributed by atoms with Crippen molar-refractivity contribution >= 4 is 17.3 Å². The number of methoxy groups -OCH3 is 2. The lowest BCUT2D eigenvalue weighted by Gasteiger charge is -2.15. The number of benzene rings is 2. The average Bonchev–Trinajstić information content (AvgIpc) is 2.62. The summed E-state index contributed by atoms with van der Waals surface area (Å²) in [5.41, 5.74) is 1.45. The van der Waals surface area contributed by atoms with E-state index in [1.54, 1.807) is 14.2 Å². The highest BCUT2D eigenvalue weighted by molar-refractivity contribution is 5.92. The second-order valence-electron chi connectivity index (χ2n) is 5.95. The zero-order chi connectivity index (χ0) is 18.9. The Kier molecular flexibility index (Phi) is 7.14. The van der Waals surface area contributed by atoms with E-state index in [1.165, 1.54) is 0 Å². The van der Waals surface area contributed by atoms with Crippen molar-refractivity contribution in [2.75, 3.05) is 31.4 Å². The standard InChI is InChI=1S/C20H26N2O4/c1-14(2)26-19-8-6-5-7-16(19)22-20(23)11-12-21-17-13-15(24-3)9-10-18(17)25-4/h5-10,13-14,21H,11-12H2,1-4H3,(H,22,23). The average molecular weight is 358 g/mol. The maximum Gasteiger partial charge on any atom is 0.226 e. The van der Waals surface area contributed by atoms with Crippen molar-refractivity contribution in [3.8, 4) is 17.2 Å². The molecule has 2 rings (SSSR count). The summed E-state index contributed by atoms with van der Waals surface area (Å²) in [4.78, 5) is 12.3. The first-order valence-corrected chi connectivity index (χ1v) is 8.55. The van der Waals surface area contributed by atoms with Crippen LogP contribution >= 0.6 is 0 Å². The molecule has 0 aromatic heterocycles. The molecule has 1 amide bonds. The number of rotatable bonds is 9. The summed E-state index contributed by atoms with van der Waals surface area (Å²) in [7, 11) is 3.21. The Bertz CT molecular complexity index is 732. The van der Waals surface area contributed by atoms with Gasteiger partial charge in [0.15, 0.2) is 0 Å². The second kappa shape index (κ2) is 9.56. The van der Waals surface area contributed by atoms with Gasteiger partial charge in [-0.1, -0.05) is 12.1 Å². The lowest BCUT2D eigenvalue weighted by Crippen LogP contribution is -2.17. The minimum atomic E-state index is -0.0980. The van der Waals surface area contributed by atoms with Crippen LogP contribution in [-0.2, 0) is 4.79 Å². The molecule has 0 aliphatic carbocycles. The van der Waals surface area contributed by atoms with Crippen molar-refractivity contribution in [1.82, 2.24) is 0 Å². The molecule has 0 atom stereocenters. The van der Waals surface area contributed by atoms with Crippen molar-refractivity contribution in [2.45, 2.75) is 26.4 Å². The molecular weight excluding hydrogens is 332 g/mol. The molecule has 0 aliphatic heterocycles. The maximum absolute atomic E-state index is 12.3. The van der Waals surface area contributed by atoms with Gasteiger partial charge in [0.25, 0.3) is 0 Å². The molecule has 0 unspecified atom stereocenters. The third kappa shape index (κ3) is 5.58. The van der Waals surface area contributed by atoms with Crippen LogP contribution in [0.15, 0.2) is 42.5 Å². The number of amides is 1. The number of hydrogen-bond donors (Lipinski definition) is 2. The third-order valence-corrected chi connectivity index (χ3v) is 3.60. The molecule has 0 heterocycles. The van der Waals surface area contributed by atoms with Crippen molar-refractivity contribution in [2.24, 2.45) is 0 Å². The first-order chi connectivity index (χ1) is 12.5. The molecule has 0 radical (unpaired) electrons. The van der Waals surface area contributed by atoms with E-state index in [0.29, 0.717) is 30.2 Å². The van der Waals surface area contributed by atoms with Gasteiger partial charge in [0.1, 0.15) is 17.2 Å². The quantitative estimate of drug-likeness (QED) is 0.711. The van der Waals surface area contributed by atoms with Crippen LogP contribution in [0.1, 0.15) is 20.3 Å². The number of hydrogen-bond acceptors (Lipinski definition) is 5. The molecule has 26 heavy (non-hydrogen) atoms. The van der Waals surface area contributed by atoms with E-state index >= 15 is 0 Å². The Morgan fingerprint density at radius 1 is 1.00 bits per heavy atom. The van der Waals surface area contributed by atoms with Crippen LogP contribution in [0.3, 0.4) is 0 Å².